The van der Waals surface area contributed by atoms with Gasteiger partial charge in [0.2, 0.25) is 0 Å². The number of fused-ring (bicyclic) bond motifs is 1. The molecule has 1 saturated carbocycles. The molecule has 1 fully saturated rings. The first-order valence-corrected chi connectivity index (χ1v) is 6.38. The first-order chi connectivity index (χ1) is 7.78. The SMILES string of the molecule is NCC1CN(C2CC2)Cc2cc(Cl)ccc21. The van der Waals surface area contributed by atoms with Crippen LogP contribution in [0.3, 0.4) is 0 Å². The third-order valence-electron chi connectivity index (χ3n) is 3.72. The van der Waals surface area contributed by atoms with Gasteiger partial charge in [0.25, 0.3) is 0 Å². The van der Waals surface area contributed by atoms with Crippen LogP contribution in [-0.2, 0) is 6.54 Å². The van der Waals surface area contributed by atoms with E-state index in [1.165, 1.54) is 24.0 Å². The summed E-state index contributed by atoms with van der Waals surface area (Å²) < 4.78 is 0. The molecule has 1 heterocycles. The molecule has 3 heteroatoms. The molecule has 0 saturated heterocycles. The molecular formula is C13H17ClN2. The molecule has 0 bridgehead atoms. The lowest BCUT2D eigenvalue weighted by Gasteiger charge is -2.34. The van der Waals surface area contributed by atoms with Gasteiger partial charge in [-0.3, -0.25) is 4.90 Å². The first-order valence-electron chi connectivity index (χ1n) is 6.00. The lowest BCUT2D eigenvalue weighted by atomic mass is 9.89. The van der Waals surface area contributed by atoms with Crippen molar-refractivity contribution < 1.29 is 0 Å². The average Bonchev–Trinajstić information content (AvgIpc) is 3.10. The highest BCUT2D eigenvalue weighted by molar-refractivity contribution is 6.30. The summed E-state index contributed by atoms with van der Waals surface area (Å²) in [5.41, 5.74) is 8.66. The highest BCUT2D eigenvalue weighted by atomic mass is 35.5. The van der Waals surface area contributed by atoms with Gasteiger partial charge in [0.15, 0.2) is 0 Å². The topological polar surface area (TPSA) is 29.3 Å². The van der Waals surface area contributed by atoms with Crippen LogP contribution in [0.25, 0.3) is 0 Å². The predicted octanol–water partition coefficient (Wildman–Crippen LogP) is 2.36. The van der Waals surface area contributed by atoms with Crippen LogP contribution < -0.4 is 5.73 Å². The zero-order valence-corrected chi connectivity index (χ0v) is 10.1. The van der Waals surface area contributed by atoms with Crippen LogP contribution in [0.1, 0.15) is 29.9 Å². The molecule has 0 aromatic heterocycles. The van der Waals surface area contributed by atoms with Crippen molar-refractivity contribution >= 4 is 11.6 Å². The van der Waals surface area contributed by atoms with Gasteiger partial charge in [-0.15, -0.1) is 0 Å². The summed E-state index contributed by atoms with van der Waals surface area (Å²) in [7, 11) is 0. The van der Waals surface area contributed by atoms with Crippen LogP contribution >= 0.6 is 11.6 Å². The van der Waals surface area contributed by atoms with E-state index in [-0.39, 0.29) is 0 Å². The maximum Gasteiger partial charge on any atom is 0.0409 e. The second-order valence-electron chi connectivity index (χ2n) is 4.94. The molecule has 1 aliphatic heterocycles. The van der Waals surface area contributed by atoms with E-state index in [0.29, 0.717) is 5.92 Å². The largest absolute Gasteiger partial charge is 0.330 e. The van der Waals surface area contributed by atoms with Gasteiger partial charge in [-0.25, -0.2) is 0 Å². The Balaban J connectivity index is 1.94. The number of halogens is 1. The zero-order valence-electron chi connectivity index (χ0n) is 9.32. The standard InChI is InChI=1S/C13H17ClN2/c14-11-1-4-13-9(5-11)7-16(12-2-3-12)8-10(13)6-15/h1,4-5,10,12H,2-3,6-8,15H2. The number of nitrogens with two attached hydrogens (primary N) is 1. The van der Waals surface area contributed by atoms with Gasteiger partial charge in [0, 0.05) is 36.6 Å². The van der Waals surface area contributed by atoms with E-state index in [2.05, 4.69) is 17.0 Å². The van der Waals surface area contributed by atoms with Crippen LogP contribution in [0.2, 0.25) is 5.02 Å². The Labute approximate surface area is 101 Å². The molecule has 16 heavy (non-hydrogen) atoms. The normalized spacial score (nSPS) is 25.5. The number of rotatable bonds is 2. The molecule has 86 valence electrons. The van der Waals surface area contributed by atoms with Gasteiger partial charge in [0.05, 0.1) is 0 Å². The second kappa shape index (κ2) is 4.02. The molecule has 1 unspecified atom stereocenters. The second-order valence-corrected chi connectivity index (χ2v) is 5.37. The van der Waals surface area contributed by atoms with Crippen molar-refractivity contribution in [2.75, 3.05) is 13.1 Å². The van der Waals surface area contributed by atoms with Gasteiger partial charge in [0.1, 0.15) is 0 Å². The Kier molecular flexibility index (Phi) is 2.66. The van der Waals surface area contributed by atoms with Crippen molar-refractivity contribution in [3.8, 4) is 0 Å². The van der Waals surface area contributed by atoms with Crippen molar-refractivity contribution in [2.24, 2.45) is 5.73 Å². The first kappa shape index (κ1) is 10.6. The van der Waals surface area contributed by atoms with E-state index >= 15 is 0 Å². The molecular weight excluding hydrogens is 220 g/mol. The van der Waals surface area contributed by atoms with Gasteiger partial charge in [-0.2, -0.15) is 0 Å². The van der Waals surface area contributed by atoms with Crippen molar-refractivity contribution in [1.29, 1.82) is 0 Å². The van der Waals surface area contributed by atoms with Crippen LogP contribution in [0.5, 0.6) is 0 Å². The Morgan fingerprint density at radius 1 is 1.38 bits per heavy atom. The quantitative estimate of drug-likeness (QED) is 0.854. The molecule has 0 amide bonds. The lowest BCUT2D eigenvalue weighted by Crippen LogP contribution is -2.37. The van der Waals surface area contributed by atoms with Crippen LogP contribution in [0.4, 0.5) is 0 Å². The molecule has 1 aliphatic carbocycles. The summed E-state index contributed by atoms with van der Waals surface area (Å²) in [6.45, 7) is 2.91. The van der Waals surface area contributed by atoms with E-state index in [1.807, 2.05) is 6.07 Å². The summed E-state index contributed by atoms with van der Waals surface area (Å²) in [5, 5.41) is 0.840. The van der Waals surface area contributed by atoms with Gasteiger partial charge in [-0.1, -0.05) is 17.7 Å². The fourth-order valence-corrected chi connectivity index (χ4v) is 2.89. The molecule has 2 nitrogen and oxygen atoms in total. The third kappa shape index (κ3) is 1.86. The van der Waals surface area contributed by atoms with E-state index in [1.54, 1.807) is 0 Å². The Bertz CT molecular complexity index is 401. The minimum absolute atomic E-state index is 0.488. The minimum atomic E-state index is 0.488. The van der Waals surface area contributed by atoms with Crippen LogP contribution in [-0.4, -0.2) is 24.0 Å². The van der Waals surface area contributed by atoms with E-state index < -0.39 is 0 Å². The Morgan fingerprint density at radius 3 is 2.88 bits per heavy atom. The maximum atomic E-state index is 6.06. The molecule has 1 aromatic carbocycles. The number of nitrogens with zero attached hydrogens (tertiary/aromatic N) is 1. The maximum absolute atomic E-state index is 6.06. The summed E-state index contributed by atoms with van der Waals surface area (Å²) >= 11 is 6.06. The highest BCUT2D eigenvalue weighted by Crippen LogP contribution is 2.36. The van der Waals surface area contributed by atoms with Gasteiger partial charge < -0.3 is 5.73 Å². The Morgan fingerprint density at radius 2 is 2.19 bits per heavy atom. The van der Waals surface area contributed by atoms with Crippen molar-refractivity contribution in [1.82, 2.24) is 4.90 Å². The van der Waals surface area contributed by atoms with Gasteiger partial charge in [-0.05, 0) is 36.1 Å². The molecule has 1 aromatic rings. The molecule has 0 radical (unpaired) electrons. The molecule has 2 aliphatic rings. The fourth-order valence-electron chi connectivity index (χ4n) is 2.69. The summed E-state index contributed by atoms with van der Waals surface area (Å²) in [5.74, 6) is 0.488. The lowest BCUT2D eigenvalue weighted by molar-refractivity contribution is 0.221. The molecule has 2 N–H and O–H groups in total. The van der Waals surface area contributed by atoms with Crippen LogP contribution in [0.15, 0.2) is 18.2 Å². The van der Waals surface area contributed by atoms with E-state index in [4.69, 9.17) is 17.3 Å². The summed E-state index contributed by atoms with van der Waals surface area (Å²) in [6.07, 6.45) is 2.71. The van der Waals surface area contributed by atoms with Crippen molar-refractivity contribution in [3.63, 3.8) is 0 Å². The van der Waals surface area contributed by atoms with Crippen molar-refractivity contribution in [3.05, 3.63) is 34.3 Å². The number of hydrogen-bond donors (Lipinski definition) is 1. The molecule has 0 spiro atoms. The fraction of sp³-hybridized carbons (Fsp3) is 0.538. The van der Waals surface area contributed by atoms with Gasteiger partial charge >= 0.3 is 0 Å². The predicted molar refractivity (Wildman–Crippen MR) is 66.7 cm³/mol. The van der Waals surface area contributed by atoms with E-state index in [9.17, 15) is 0 Å². The van der Waals surface area contributed by atoms with Crippen LogP contribution in [0, 0.1) is 0 Å². The third-order valence-corrected chi connectivity index (χ3v) is 3.96. The minimum Gasteiger partial charge on any atom is -0.330 e. The zero-order chi connectivity index (χ0) is 11.1. The summed E-state index contributed by atoms with van der Waals surface area (Å²) in [6, 6.07) is 7.05. The monoisotopic (exact) mass is 236 g/mol. The number of benzene rings is 1. The highest BCUT2D eigenvalue weighted by Gasteiger charge is 2.34. The molecule has 1 atom stereocenters. The molecule has 3 rings (SSSR count). The average molecular weight is 237 g/mol. The van der Waals surface area contributed by atoms with E-state index in [0.717, 1.165) is 30.7 Å². The Hall–Kier alpha value is -0.570. The smallest absolute Gasteiger partial charge is 0.0409 e. The summed E-state index contributed by atoms with van der Waals surface area (Å²) in [4.78, 5) is 2.57. The number of hydrogen-bond acceptors (Lipinski definition) is 2. The van der Waals surface area contributed by atoms with Crippen molar-refractivity contribution in [2.45, 2.75) is 31.3 Å².